The second-order valence-corrected chi connectivity index (χ2v) is 11.9. The predicted molar refractivity (Wildman–Crippen MR) is 179 cm³/mol. The second-order valence-electron chi connectivity index (χ2n) is 10.9. The molecule has 0 spiro atoms. The number of hydrogen-bond acceptors (Lipinski definition) is 4. The standard InChI is InChI=1S/C39H27N3S/c1-4-14-27(15-5-1)30-20-13-25-39(26-30,33-23-12-22-32-31-21-10-11-24-34(31)43-35(32)33)38-41-36(28-16-6-2-7-17-28)40-37(42-38)29-18-8-3-9-19-29/h1-25H,26H2. The molecule has 0 bridgehead atoms. The van der Waals surface area contributed by atoms with E-state index in [2.05, 4.69) is 115 Å². The van der Waals surface area contributed by atoms with Crippen molar-refractivity contribution in [2.24, 2.45) is 0 Å². The van der Waals surface area contributed by atoms with Crippen LogP contribution >= 0.6 is 11.3 Å². The number of allylic oxidation sites excluding steroid dienone is 4. The number of aromatic nitrogens is 3. The van der Waals surface area contributed by atoms with Crippen LogP contribution in [0.4, 0.5) is 0 Å². The Morgan fingerprint density at radius 1 is 0.535 bits per heavy atom. The van der Waals surface area contributed by atoms with E-state index in [-0.39, 0.29) is 0 Å². The van der Waals surface area contributed by atoms with E-state index in [4.69, 9.17) is 15.0 Å². The monoisotopic (exact) mass is 569 g/mol. The molecule has 204 valence electrons. The van der Waals surface area contributed by atoms with Crippen LogP contribution in [0.25, 0.3) is 48.5 Å². The maximum absolute atomic E-state index is 5.29. The van der Waals surface area contributed by atoms with E-state index in [1.807, 2.05) is 47.7 Å². The van der Waals surface area contributed by atoms with Crippen LogP contribution in [0.2, 0.25) is 0 Å². The van der Waals surface area contributed by atoms with Crippen LogP contribution in [0, 0.1) is 0 Å². The van der Waals surface area contributed by atoms with Gasteiger partial charge in [0, 0.05) is 31.3 Å². The highest BCUT2D eigenvalue weighted by atomic mass is 32.1. The van der Waals surface area contributed by atoms with Gasteiger partial charge in [0.05, 0.1) is 5.41 Å². The van der Waals surface area contributed by atoms with E-state index >= 15 is 0 Å². The molecule has 8 rings (SSSR count). The second kappa shape index (κ2) is 10.6. The van der Waals surface area contributed by atoms with Crippen LogP contribution < -0.4 is 0 Å². The van der Waals surface area contributed by atoms with Crippen molar-refractivity contribution in [2.75, 3.05) is 0 Å². The molecule has 0 aliphatic heterocycles. The molecule has 7 aromatic rings. The van der Waals surface area contributed by atoms with Crippen LogP contribution in [0.1, 0.15) is 23.4 Å². The van der Waals surface area contributed by atoms with E-state index in [9.17, 15) is 0 Å². The minimum Gasteiger partial charge on any atom is -0.212 e. The average Bonchev–Trinajstić information content (AvgIpc) is 3.48. The molecule has 0 saturated heterocycles. The first-order valence-corrected chi connectivity index (χ1v) is 15.3. The molecule has 0 fully saturated rings. The lowest BCUT2D eigenvalue weighted by atomic mass is 9.70. The Hall–Kier alpha value is -5.19. The maximum atomic E-state index is 5.29. The summed E-state index contributed by atoms with van der Waals surface area (Å²) in [5, 5.41) is 2.55. The summed E-state index contributed by atoms with van der Waals surface area (Å²) in [6, 6.07) is 46.5. The SMILES string of the molecule is C1=CC(c2nc(-c3ccccc3)nc(-c3ccccc3)n2)(c2cccc3c2sc2ccccc23)CC(c2ccccc2)=C1. The molecule has 1 atom stereocenters. The molecule has 0 radical (unpaired) electrons. The molecule has 4 heteroatoms. The van der Waals surface area contributed by atoms with Gasteiger partial charge in [-0.2, -0.15) is 0 Å². The van der Waals surface area contributed by atoms with Crippen LogP contribution in [-0.4, -0.2) is 15.0 Å². The summed E-state index contributed by atoms with van der Waals surface area (Å²) >= 11 is 1.85. The molecule has 1 aliphatic rings. The molecule has 0 N–H and O–H groups in total. The van der Waals surface area contributed by atoms with Gasteiger partial charge in [-0.15, -0.1) is 11.3 Å². The van der Waals surface area contributed by atoms with Crippen molar-refractivity contribution in [3.8, 4) is 22.8 Å². The van der Waals surface area contributed by atoms with Crippen molar-refractivity contribution in [2.45, 2.75) is 11.8 Å². The van der Waals surface area contributed by atoms with Gasteiger partial charge in [-0.3, -0.25) is 0 Å². The largest absolute Gasteiger partial charge is 0.212 e. The van der Waals surface area contributed by atoms with E-state index in [1.165, 1.54) is 36.9 Å². The van der Waals surface area contributed by atoms with Crippen LogP contribution in [0.5, 0.6) is 0 Å². The zero-order valence-electron chi connectivity index (χ0n) is 23.4. The smallest absolute Gasteiger partial charge is 0.163 e. The number of nitrogens with zero attached hydrogens (tertiary/aromatic N) is 3. The quantitative estimate of drug-likeness (QED) is 0.207. The summed E-state index contributed by atoms with van der Waals surface area (Å²) in [6.45, 7) is 0. The van der Waals surface area contributed by atoms with Gasteiger partial charge in [-0.05, 0) is 29.2 Å². The van der Waals surface area contributed by atoms with Gasteiger partial charge >= 0.3 is 0 Å². The molecule has 43 heavy (non-hydrogen) atoms. The lowest BCUT2D eigenvalue weighted by Gasteiger charge is -2.34. The molecule has 0 saturated carbocycles. The molecule has 3 nitrogen and oxygen atoms in total. The molecule has 2 heterocycles. The third kappa shape index (κ3) is 4.48. The Labute approximate surface area is 254 Å². The highest BCUT2D eigenvalue weighted by molar-refractivity contribution is 7.26. The summed E-state index contributed by atoms with van der Waals surface area (Å²) in [7, 11) is 0. The lowest BCUT2D eigenvalue weighted by molar-refractivity contribution is 0.610. The van der Waals surface area contributed by atoms with Gasteiger partial charge in [0.2, 0.25) is 0 Å². The summed E-state index contributed by atoms with van der Waals surface area (Å²) < 4.78 is 2.55. The first-order chi connectivity index (χ1) is 21.3. The minimum absolute atomic E-state index is 0.615. The molecule has 2 aromatic heterocycles. The Bertz CT molecular complexity index is 2090. The van der Waals surface area contributed by atoms with Crippen LogP contribution in [-0.2, 0) is 5.41 Å². The number of rotatable bonds is 5. The summed E-state index contributed by atoms with van der Waals surface area (Å²) in [4.78, 5) is 15.6. The lowest BCUT2D eigenvalue weighted by Crippen LogP contribution is -2.30. The van der Waals surface area contributed by atoms with Gasteiger partial charge in [0.1, 0.15) is 5.82 Å². The fourth-order valence-corrected chi connectivity index (χ4v) is 7.47. The zero-order chi connectivity index (χ0) is 28.6. The van der Waals surface area contributed by atoms with E-state index < -0.39 is 5.41 Å². The van der Waals surface area contributed by atoms with Crippen LogP contribution in [0.15, 0.2) is 152 Å². The van der Waals surface area contributed by atoms with Gasteiger partial charge < -0.3 is 0 Å². The molecule has 1 aliphatic carbocycles. The normalized spacial score (nSPS) is 16.4. The van der Waals surface area contributed by atoms with Gasteiger partial charge in [0.25, 0.3) is 0 Å². The van der Waals surface area contributed by atoms with Crippen molar-refractivity contribution >= 4 is 37.1 Å². The van der Waals surface area contributed by atoms with E-state index in [1.54, 1.807) is 0 Å². The fraction of sp³-hybridized carbons (Fsp3) is 0.0513. The highest BCUT2D eigenvalue weighted by Gasteiger charge is 2.40. The summed E-state index contributed by atoms with van der Waals surface area (Å²) in [6.07, 6.45) is 7.45. The van der Waals surface area contributed by atoms with Gasteiger partial charge in [-0.1, -0.05) is 146 Å². The first kappa shape index (κ1) is 25.5. The third-order valence-electron chi connectivity index (χ3n) is 8.28. The number of fused-ring (bicyclic) bond motifs is 3. The topological polar surface area (TPSA) is 38.7 Å². The zero-order valence-corrected chi connectivity index (χ0v) is 24.2. The van der Waals surface area contributed by atoms with Crippen molar-refractivity contribution < 1.29 is 0 Å². The summed E-state index contributed by atoms with van der Waals surface area (Å²) in [5.41, 5.74) is 5.00. The molecule has 5 aromatic carbocycles. The van der Waals surface area contributed by atoms with Crippen molar-refractivity contribution in [1.29, 1.82) is 0 Å². The molecular weight excluding hydrogens is 543 g/mol. The number of thiophene rings is 1. The van der Waals surface area contributed by atoms with Crippen molar-refractivity contribution in [3.63, 3.8) is 0 Å². The van der Waals surface area contributed by atoms with Crippen molar-refractivity contribution in [3.05, 3.63) is 169 Å². The Morgan fingerprint density at radius 2 is 1.12 bits per heavy atom. The number of hydrogen-bond donors (Lipinski definition) is 0. The average molecular weight is 570 g/mol. The minimum atomic E-state index is -0.615. The Kier molecular flexibility index (Phi) is 6.27. The number of benzene rings is 5. The molecule has 0 amide bonds. The third-order valence-corrected chi connectivity index (χ3v) is 9.50. The Morgan fingerprint density at radius 3 is 1.79 bits per heavy atom. The molecular formula is C39H27N3S. The Balaban J connectivity index is 1.43. The first-order valence-electron chi connectivity index (χ1n) is 14.5. The summed E-state index contributed by atoms with van der Waals surface area (Å²) in [5.74, 6) is 2.11. The van der Waals surface area contributed by atoms with E-state index in [0.717, 1.165) is 23.4 Å². The van der Waals surface area contributed by atoms with Crippen molar-refractivity contribution in [1.82, 2.24) is 15.0 Å². The van der Waals surface area contributed by atoms with E-state index in [0.29, 0.717) is 11.6 Å². The maximum Gasteiger partial charge on any atom is 0.163 e. The van der Waals surface area contributed by atoms with Crippen LogP contribution in [0.3, 0.4) is 0 Å². The highest BCUT2D eigenvalue weighted by Crippen LogP contribution is 2.48. The fourth-order valence-electron chi connectivity index (χ4n) is 6.16. The van der Waals surface area contributed by atoms with Gasteiger partial charge in [0.15, 0.2) is 11.6 Å². The molecule has 1 unspecified atom stereocenters. The predicted octanol–water partition coefficient (Wildman–Crippen LogP) is 9.90. The van der Waals surface area contributed by atoms with Gasteiger partial charge in [-0.25, -0.2) is 15.0 Å².